The standard InChI is InChI=1S/C31H34N4OS/c1-21-6-2-3-7-24(21)31-34-28-20-35(19-16-29(28)37-31)18-15-22-11-13-23(14-12-22)33-30(36)26-8-4-10-27-25(26)9-5-17-32-27/h2-10,17,22-23H,11-16,18-20H2,1H3,(H,33,36)/t22-,23-. The van der Waals surface area contributed by atoms with Gasteiger partial charge in [-0.3, -0.25) is 14.7 Å². The van der Waals surface area contributed by atoms with Crippen LogP contribution in [0.4, 0.5) is 0 Å². The van der Waals surface area contributed by atoms with E-state index in [1.165, 1.54) is 46.0 Å². The molecule has 4 aromatic rings. The molecule has 37 heavy (non-hydrogen) atoms. The van der Waals surface area contributed by atoms with Crippen LogP contribution in [0, 0.1) is 12.8 Å². The Balaban J connectivity index is 0.986. The average molecular weight is 511 g/mol. The van der Waals surface area contributed by atoms with E-state index in [2.05, 4.69) is 46.4 Å². The van der Waals surface area contributed by atoms with Gasteiger partial charge in [-0.25, -0.2) is 4.98 Å². The molecule has 0 bridgehead atoms. The average Bonchev–Trinajstić information content (AvgIpc) is 3.36. The Morgan fingerprint density at radius 3 is 2.78 bits per heavy atom. The molecule has 6 rings (SSSR count). The van der Waals surface area contributed by atoms with Gasteiger partial charge in [0.1, 0.15) is 5.01 Å². The van der Waals surface area contributed by atoms with E-state index in [-0.39, 0.29) is 11.9 Å². The molecule has 2 aliphatic rings. The van der Waals surface area contributed by atoms with Gasteiger partial charge in [-0.2, -0.15) is 0 Å². The topological polar surface area (TPSA) is 58.1 Å². The summed E-state index contributed by atoms with van der Waals surface area (Å²) >= 11 is 1.88. The summed E-state index contributed by atoms with van der Waals surface area (Å²) in [5.41, 5.74) is 5.45. The van der Waals surface area contributed by atoms with E-state index in [4.69, 9.17) is 4.98 Å². The number of carbonyl (C=O) groups is 1. The van der Waals surface area contributed by atoms with Crippen LogP contribution in [0.15, 0.2) is 60.8 Å². The van der Waals surface area contributed by atoms with Gasteiger partial charge < -0.3 is 5.32 Å². The third-order valence-electron chi connectivity index (χ3n) is 8.11. The summed E-state index contributed by atoms with van der Waals surface area (Å²) in [6.07, 6.45) is 8.63. The lowest BCUT2D eigenvalue weighted by Crippen LogP contribution is -2.38. The highest BCUT2D eigenvalue weighted by Gasteiger charge is 2.26. The summed E-state index contributed by atoms with van der Waals surface area (Å²) in [6, 6.07) is 18.5. The van der Waals surface area contributed by atoms with E-state index in [9.17, 15) is 4.79 Å². The molecule has 190 valence electrons. The number of aromatic nitrogens is 2. The molecule has 2 aromatic heterocycles. The molecule has 0 unspecified atom stereocenters. The van der Waals surface area contributed by atoms with Gasteiger partial charge in [-0.05, 0) is 81.7 Å². The van der Waals surface area contributed by atoms with Crippen molar-refractivity contribution < 1.29 is 4.79 Å². The van der Waals surface area contributed by atoms with Gasteiger partial charge in [0.05, 0.1) is 11.2 Å². The third kappa shape index (κ3) is 5.32. The minimum Gasteiger partial charge on any atom is -0.349 e. The Bertz CT molecular complexity index is 1400. The predicted molar refractivity (Wildman–Crippen MR) is 151 cm³/mol. The Hall–Kier alpha value is -3.09. The van der Waals surface area contributed by atoms with Gasteiger partial charge in [-0.1, -0.05) is 36.4 Å². The van der Waals surface area contributed by atoms with Gasteiger partial charge in [0.2, 0.25) is 0 Å². The Morgan fingerprint density at radius 2 is 1.92 bits per heavy atom. The first kappa shape index (κ1) is 24.3. The number of benzene rings is 2. The fraction of sp³-hybridized carbons (Fsp3) is 0.387. The van der Waals surface area contributed by atoms with Crippen molar-refractivity contribution in [2.45, 2.75) is 58.0 Å². The summed E-state index contributed by atoms with van der Waals surface area (Å²) in [4.78, 5) is 26.5. The number of pyridine rings is 1. The molecule has 0 radical (unpaired) electrons. The van der Waals surface area contributed by atoms with Crippen molar-refractivity contribution in [1.29, 1.82) is 0 Å². The molecule has 2 aromatic carbocycles. The van der Waals surface area contributed by atoms with Crippen molar-refractivity contribution in [3.05, 3.63) is 82.5 Å². The lowest BCUT2D eigenvalue weighted by atomic mass is 9.84. The van der Waals surface area contributed by atoms with E-state index in [1.54, 1.807) is 6.20 Å². The van der Waals surface area contributed by atoms with Crippen molar-refractivity contribution >= 4 is 28.1 Å². The van der Waals surface area contributed by atoms with Crippen molar-refractivity contribution in [3.63, 3.8) is 0 Å². The van der Waals surface area contributed by atoms with Crippen LogP contribution in [0.1, 0.15) is 58.6 Å². The zero-order valence-electron chi connectivity index (χ0n) is 21.5. The molecule has 1 N–H and O–H groups in total. The van der Waals surface area contributed by atoms with Crippen molar-refractivity contribution in [2.75, 3.05) is 13.1 Å². The molecule has 0 spiro atoms. The van der Waals surface area contributed by atoms with Crippen LogP contribution in [-0.2, 0) is 13.0 Å². The molecule has 6 heteroatoms. The SMILES string of the molecule is Cc1ccccc1-c1nc2c(s1)CCN(CC[C@H]1CC[C@H](NC(=O)c3cccc4ncccc34)CC1)C2. The maximum atomic E-state index is 13.0. The lowest BCUT2D eigenvalue weighted by molar-refractivity contribution is 0.0921. The number of thiazole rings is 1. The van der Waals surface area contributed by atoms with Gasteiger partial charge in [0, 0.05) is 46.7 Å². The zero-order chi connectivity index (χ0) is 25.2. The molecular weight excluding hydrogens is 476 g/mol. The van der Waals surface area contributed by atoms with Gasteiger partial charge in [-0.15, -0.1) is 11.3 Å². The number of rotatable bonds is 6. The van der Waals surface area contributed by atoms with Gasteiger partial charge >= 0.3 is 0 Å². The minimum absolute atomic E-state index is 0.0273. The molecule has 5 nitrogen and oxygen atoms in total. The molecule has 3 heterocycles. The molecule has 0 atom stereocenters. The summed E-state index contributed by atoms with van der Waals surface area (Å²) in [5, 5.41) is 5.39. The molecule has 1 aliphatic heterocycles. The second kappa shape index (κ2) is 10.7. The van der Waals surface area contributed by atoms with E-state index in [1.807, 2.05) is 41.7 Å². The highest BCUT2D eigenvalue weighted by Crippen LogP contribution is 2.34. The first-order valence-corrected chi connectivity index (χ1v) is 14.4. The zero-order valence-corrected chi connectivity index (χ0v) is 22.3. The second-order valence-electron chi connectivity index (χ2n) is 10.6. The van der Waals surface area contributed by atoms with E-state index in [0.29, 0.717) is 0 Å². The maximum Gasteiger partial charge on any atom is 0.252 e. The first-order valence-electron chi connectivity index (χ1n) is 13.6. The molecule has 1 fully saturated rings. The predicted octanol–water partition coefficient (Wildman–Crippen LogP) is 6.40. The lowest BCUT2D eigenvalue weighted by Gasteiger charge is -2.32. The Labute approximate surface area is 223 Å². The summed E-state index contributed by atoms with van der Waals surface area (Å²) in [7, 11) is 0. The quantitative estimate of drug-likeness (QED) is 0.326. The Kier molecular flexibility index (Phi) is 7.03. The fourth-order valence-electron chi connectivity index (χ4n) is 5.90. The van der Waals surface area contributed by atoms with Crippen LogP contribution in [0.2, 0.25) is 0 Å². The van der Waals surface area contributed by atoms with Crippen LogP contribution < -0.4 is 5.32 Å². The number of hydrogen-bond donors (Lipinski definition) is 1. The van der Waals surface area contributed by atoms with E-state index < -0.39 is 0 Å². The van der Waals surface area contributed by atoms with Crippen molar-refractivity contribution in [2.24, 2.45) is 5.92 Å². The second-order valence-corrected chi connectivity index (χ2v) is 11.7. The van der Waals surface area contributed by atoms with Crippen molar-refractivity contribution in [1.82, 2.24) is 20.2 Å². The van der Waals surface area contributed by atoms with Crippen LogP contribution in [0.3, 0.4) is 0 Å². The third-order valence-corrected chi connectivity index (χ3v) is 9.30. The summed E-state index contributed by atoms with van der Waals surface area (Å²) in [6.45, 7) is 5.42. The number of aryl methyl sites for hydroxylation is 1. The Morgan fingerprint density at radius 1 is 1.05 bits per heavy atom. The molecule has 1 amide bonds. The first-order chi connectivity index (χ1) is 18.1. The smallest absolute Gasteiger partial charge is 0.252 e. The van der Waals surface area contributed by atoms with Crippen LogP contribution >= 0.6 is 11.3 Å². The summed E-state index contributed by atoms with van der Waals surface area (Å²) < 4.78 is 0. The number of carbonyl (C=O) groups excluding carboxylic acids is 1. The molecular formula is C31H34N4OS. The fourth-order valence-corrected chi connectivity index (χ4v) is 7.05. The minimum atomic E-state index is 0.0273. The van der Waals surface area contributed by atoms with Crippen LogP contribution in [0.25, 0.3) is 21.5 Å². The van der Waals surface area contributed by atoms with Gasteiger partial charge in [0.15, 0.2) is 0 Å². The number of amides is 1. The summed E-state index contributed by atoms with van der Waals surface area (Å²) in [5.74, 6) is 0.772. The number of fused-ring (bicyclic) bond motifs is 2. The molecule has 1 saturated carbocycles. The van der Waals surface area contributed by atoms with Crippen LogP contribution in [-0.4, -0.2) is 39.9 Å². The van der Waals surface area contributed by atoms with E-state index in [0.717, 1.165) is 61.3 Å². The molecule has 0 saturated heterocycles. The monoisotopic (exact) mass is 510 g/mol. The number of nitrogens with zero attached hydrogens (tertiary/aromatic N) is 3. The number of hydrogen-bond acceptors (Lipinski definition) is 5. The highest BCUT2D eigenvalue weighted by molar-refractivity contribution is 7.15. The normalized spacial score (nSPS) is 20.0. The van der Waals surface area contributed by atoms with Gasteiger partial charge in [0.25, 0.3) is 5.91 Å². The maximum absolute atomic E-state index is 13.0. The van der Waals surface area contributed by atoms with Crippen molar-refractivity contribution in [3.8, 4) is 10.6 Å². The largest absolute Gasteiger partial charge is 0.349 e. The number of nitrogens with one attached hydrogen (secondary N) is 1. The highest BCUT2D eigenvalue weighted by atomic mass is 32.1. The van der Waals surface area contributed by atoms with E-state index >= 15 is 0 Å². The molecule has 1 aliphatic carbocycles. The van der Waals surface area contributed by atoms with Crippen LogP contribution in [0.5, 0.6) is 0 Å².